The molecule has 0 atom stereocenters. The van der Waals surface area contributed by atoms with Gasteiger partial charge in [0.15, 0.2) is 5.13 Å². The number of nitrogens with two attached hydrogens (primary N) is 1. The quantitative estimate of drug-likeness (QED) is 0.774. The maximum Gasteiger partial charge on any atom is 0.329 e. The van der Waals surface area contributed by atoms with Crippen molar-refractivity contribution >= 4 is 22.3 Å². The smallest absolute Gasteiger partial charge is 0.329 e. The van der Waals surface area contributed by atoms with Gasteiger partial charge in [-0.3, -0.25) is 14.3 Å². The fraction of sp³-hybridized carbons (Fsp3) is 0.417. The Morgan fingerprint density at radius 1 is 1.55 bits per heavy atom. The number of aromatic amines is 1. The Morgan fingerprint density at radius 2 is 2.30 bits per heavy atom. The summed E-state index contributed by atoms with van der Waals surface area (Å²) in [4.78, 5) is 30.3. The third-order valence-electron chi connectivity index (χ3n) is 3.22. The van der Waals surface area contributed by atoms with E-state index in [0.29, 0.717) is 18.3 Å². The zero-order valence-electron chi connectivity index (χ0n) is 11.0. The Bertz CT molecular complexity index is 756. The molecule has 7 nitrogen and oxygen atoms in total. The van der Waals surface area contributed by atoms with E-state index in [0.717, 1.165) is 18.0 Å². The molecule has 1 saturated carbocycles. The van der Waals surface area contributed by atoms with E-state index in [9.17, 15) is 9.59 Å². The van der Waals surface area contributed by atoms with Crippen LogP contribution in [0.3, 0.4) is 0 Å². The summed E-state index contributed by atoms with van der Waals surface area (Å²) >= 11 is 1.43. The first-order valence-electron chi connectivity index (χ1n) is 6.45. The van der Waals surface area contributed by atoms with E-state index >= 15 is 0 Å². The summed E-state index contributed by atoms with van der Waals surface area (Å²) in [5.41, 5.74) is 5.70. The third kappa shape index (κ3) is 2.22. The zero-order chi connectivity index (χ0) is 14.3. The van der Waals surface area contributed by atoms with Crippen LogP contribution in [0.5, 0.6) is 0 Å². The zero-order valence-corrected chi connectivity index (χ0v) is 11.8. The number of nitrogens with zero attached hydrogens (tertiary/aromatic N) is 2. The van der Waals surface area contributed by atoms with Crippen molar-refractivity contribution in [2.45, 2.75) is 32.4 Å². The average Bonchev–Trinajstić information content (AvgIpc) is 3.08. The molecule has 0 bridgehead atoms. The van der Waals surface area contributed by atoms with Crippen LogP contribution >= 0.6 is 11.3 Å². The Labute approximate surface area is 118 Å². The van der Waals surface area contributed by atoms with E-state index in [4.69, 9.17) is 5.73 Å². The van der Waals surface area contributed by atoms with Crippen LogP contribution in [-0.4, -0.2) is 20.6 Å². The molecule has 2 aromatic heterocycles. The van der Waals surface area contributed by atoms with Crippen LogP contribution in [0.4, 0.5) is 10.9 Å². The molecule has 3 rings (SSSR count). The summed E-state index contributed by atoms with van der Waals surface area (Å²) in [5, 5.41) is 5.82. The molecule has 0 aliphatic heterocycles. The summed E-state index contributed by atoms with van der Waals surface area (Å²) in [6.45, 7) is 2.19. The normalized spacial score (nSPS) is 14.4. The first-order valence-corrected chi connectivity index (χ1v) is 7.33. The summed E-state index contributed by atoms with van der Waals surface area (Å²) in [5.74, 6) is 0.157. The molecule has 20 heavy (non-hydrogen) atoms. The maximum atomic E-state index is 12.0. The van der Waals surface area contributed by atoms with Crippen LogP contribution in [0.1, 0.15) is 19.8 Å². The fourth-order valence-corrected chi connectivity index (χ4v) is 2.79. The van der Waals surface area contributed by atoms with Crippen LogP contribution in [0.25, 0.3) is 11.3 Å². The van der Waals surface area contributed by atoms with E-state index in [1.165, 1.54) is 15.9 Å². The van der Waals surface area contributed by atoms with Crippen molar-refractivity contribution in [1.29, 1.82) is 0 Å². The number of thiazole rings is 1. The molecule has 2 aromatic rings. The molecule has 0 spiro atoms. The van der Waals surface area contributed by atoms with Gasteiger partial charge in [0, 0.05) is 18.0 Å². The molecule has 1 fully saturated rings. The Hall–Kier alpha value is -2.09. The molecule has 2 heterocycles. The van der Waals surface area contributed by atoms with E-state index in [-0.39, 0.29) is 11.4 Å². The van der Waals surface area contributed by atoms with Crippen molar-refractivity contribution in [2.75, 3.05) is 11.1 Å². The molecular weight excluding hydrogens is 278 g/mol. The van der Waals surface area contributed by atoms with Crippen LogP contribution < -0.4 is 22.3 Å². The lowest BCUT2D eigenvalue weighted by Gasteiger charge is -2.08. The van der Waals surface area contributed by atoms with Gasteiger partial charge in [0.2, 0.25) is 0 Å². The van der Waals surface area contributed by atoms with Gasteiger partial charge >= 0.3 is 5.69 Å². The number of anilines is 2. The van der Waals surface area contributed by atoms with Crippen molar-refractivity contribution in [3.8, 4) is 11.3 Å². The fourth-order valence-electron chi connectivity index (χ4n) is 2.01. The molecule has 1 aliphatic rings. The van der Waals surface area contributed by atoms with Crippen LogP contribution in [0, 0.1) is 0 Å². The van der Waals surface area contributed by atoms with Crippen molar-refractivity contribution in [3.63, 3.8) is 0 Å². The largest absolute Gasteiger partial charge is 0.384 e. The number of aromatic nitrogens is 3. The molecule has 0 amide bonds. The van der Waals surface area contributed by atoms with E-state index in [2.05, 4.69) is 15.3 Å². The highest BCUT2D eigenvalue weighted by molar-refractivity contribution is 7.14. The second-order valence-electron chi connectivity index (χ2n) is 4.72. The van der Waals surface area contributed by atoms with Gasteiger partial charge in [-0.15, -0.1) is 11.3 Å². The number of nitrogens with one attached hydrogen (secondary N) is 2. The molecule has 0 aromatic carbocycles. The van der Waals surface area contributed by atoms with E-state index < -0.39 is 11.2 Å². The van der Waals surface area contributed by atoms with Gasteiger partial charge in [-0.1, -0.05) is 0 Å². The first kappa shape index (κ1) is 12.9. The molecule has 8 heteroatoms. The number of hydrogen-bond donors (Lipinski definition) is 3. The number of nitrogen functional groups attached to an aromatic ring is 1. The minimum Gasteiger partial charge on any atom is -0.384 e. The SMILES string of the molecule is CCn1c(N)c(-c2csc(NC3CC3)n2)c(=O)[nH]c1=O. The van der Waals surface area contributed by atoms with E-state index in [1.807, 2.05) is 0 Å². The van der Waals surface area contributed by atoms with Gasteiger partial charge in [-0.25, -0.2) is 9.78 Å². The van der Waals surface area contributed by atoms with E-state index in [1.54, 1.807) is 12.3 Å². The lowest BCUT2D eigenvalue weighted by molar-refractivity contribution is 0.706. The third-order valence-corrected chi connectivity index (χ3v) is 3.99. The minimum atomic E-state index is -0.500. The van der Waals surface area contributed by atoms with Gasteiger partial charge in [-0.2, -0.15) is 0 Å². The van der Waals surface area contributed by atoms with Gasteiger partial charge in [-0.05, 0) is 19.8 Å². The predicted octanol–water partition coefficient (Wildman–Crippen LogP) is 0.837. The van der Waals surface area contributed by atoms with Crippen LogP contribution in [0.2, 0.25) is 0 Å². The molecule has 4 N–H and O–H groups in total. The molecule has 1 aliphatic carbocycles. The molecule has 0 saturated heterocycles. The van der Waals surface area contributed by atoms with Crippen molar-refractivity contribution in [1.82, 2.24) is 14.5 Å². The molecular formula is C12H15N5O2S. The Kier molecular flexibility index (Phi) is 3.09. The highest BCUT2D eigenvalue weighted by atomic mass is 32.1. The summed E-state index contributed by atoms with van der Waals surface area (Å²) in [6.07, 6.45) is 2.30. The summed E-state index contributed by atoms with van der Waals surface area (Å²) in [7, 11) is 0. The van der Waals surface area contributed by atoms with Gasteiger partial charge in [0.1, 0.15) is 11.4 Å². The van der Waals surface area contributed by atoms with Gasteiger partial charge < -0.3 is 11.1 Å². The molecule has 106 valence electrons. The van der Waals surface area contributed by atoms with Gasteiger partial charge in [0.05, 0.1) is 5.69 Å². The van der Waals surface area contributed by atoms with Crippen molar-refractivity contribution in [3.05, 3.63) is 26.2 Å². The Morgan fingerprint density at radius 3 is 2.95 bits per heavy atom. The number of hydrogen-bond acceptors (Lipinski definition) is 6. The van der Waals surface area contributed by atoms with Crippen LogP contribution in [0.15, 0.2) is 15.0 Å². The Balaban J connectivity index is 2.06. The maximum absolute atomic E-state index is 12.0. The number of rotatable bonds is 4. The number of H-pyrrole nitrogens is 1. The highest BCUT2D eigenvalue weighted by Gasteiger charge is 2.23. The second-order valence-corrected chi connectivity index (χ2v) is 5.58. The molecule has 0 unspecified atom stereocenters. The van der Waals surface area contributed by atoms with Gasteiger partial charge in [0.25, 0.3) is 5.56 Å². The summed E-state index contributed by atoms with van der Waals surface area (Å²) < 4.78 is 1.32. The monoisotopic (exact) mass is 293 g/mol. The standard InChI is InChI=1S/C12H15N5O2S/c1-2-17-9(13)8(10(18)16-12(17)19)7-5-20-11(15-7)14-6-3-4-6/h5-6H,2-4,13H2,1H3,(H,14,15)(H,16,18,19). The average molecular weight is 293 g/mol. The topological polar surface area (TPSA) is 106 Å². The highest BCUT2D eigenvalue weighted by Crippen LogP contribution is 2.30. The minimum absolute atomic E-state index is 0.157. The summed E-state index contributed by atoms with van der Waals surface area (Å²) in [6, 6.07) is 0.495. The lowest BCUT2D eigenvalue weighted by atomic mass is 10.2. The first-order chi connectivity index (χ1) is 9.60. The second kappa shape index (κ2) is 4.78. The van der Waals surface area contributed by atoms with Crippen molar-refractivity contribution < 1.29 is 0 Å². The molecule has 0 radical (unpaired) electrons. The lowest BCUT2D eigenvalue weighted by Crippen LogP contribution is -2.32. The van der Waals surface area contributed by atoms with Crippen molar-refractivity contribution in [2.24, 2.45) is 0 Å². The van der Waals surface area contributed by atoms with Crippen LogP contribution in [-0.2, 0) is 6.54 Å². The predicted molar refractivity (Wildman–Crippen MR) is 79.2 cm³/mol.